The molecule has 2 rings (SSSR count). The summed E-state index contributed by atoms with van der Waals surface area (Å²) in [6, 6.07) is 10.3. The summed E-state index contributed by atoms with van der Waals surface area (Å²) in [5.41, 5.74) is 6.94. The smallest absolute Gasteiger partial charge is 0.0505 e. The van der Waals surface area contributed by atoms with Crippen LogP contribution in [0.1, 0.15) is 17.9 Å². The van der Waals surface area contributed by atoms with Crippen LogP contribution in [-0.4, -0.2) is 18.3 Å². The van der Waals surface area contributed by atoms with Gasteiger partial charge in [-0.15, -0.1) is 12.4 Å². The zero-order chi connectivity index (χ0) is 9.31. The zero-order valence-corrected chi connectivity index (χ0v) is 8.83. The summed E-state index contributed by atoms with van der Waals surface area (Å²) in [5, 5.41) is 9.21. The molecule has 0 heterocycles. The van der Waals surface area contributed by atoms with Gasteiger partial charge in [0.2, 0.25) is 0 Å². The van der Waals surface area contributed by atoms with Gasteiger partial charge in [-0.05, 0) is 17.9 Å². The average Bonchev–Trinajstić information content (AvgIpc) is 2.95. The molecule has 0 bridgehead atoms. The number of aliphatic hydroxyl groups excluding tert-OH is 1. The maximum absolute atomic E-state index is 9.21. The lowest BCUT2D eigenvalue weighted by Crippen LogP contribution is -2.21. The van der Waals surface area contributed by atoms with E-state index in [4.69, 9.17) is 5.73 Å². The van der Waals surface area contributed by atoms with Crippen LogP contribution < -0.4 is 5.73 Å². The standard InChI is InChI=1S/C11H15NO.ClH/c12-7-11(8-13)6-10(11)9-4-2-1-3-5-9;/h1-5,10,13H,6-8,12H2;1H/t10-,11-;/m0./s1. The Hall–Kier alpha value is -0.570. The van der Waals surface area contributed by atoms with Gasteiger partial charge in [0.25, 0.3) is 0 Å². The van der Waals surface area contributed by atoms with Gasteiger partial charge < -0.3 is 10.8 Å². The van der Waals surface area contributed by atoms with Gasteiger partial charge in [0.1, 0.15) is 0 Å². The van der Waals surface area contributed by atoms with Crippen molar-refractivity contribution in [2.24, 2.45) is 11.1 Å². The second-order valence-electron chi connectivity index (χ2n) is 3.89. The van der Waals surface area contributed by atoms with Crippen molar-refractivity contribution < 1.29 is 5.11 Å². The third kappa shape index (κ3) is 1.78. The number of aliphatic hydroxyl groups is 1. The van der Waals surface area contributed by atoms with E-state index in [1.807, 2.05) is 18.2 Å². The molecule has 1 aliphatic carbocycles. The van der Waals surface area contributed by atoms with Crippen LogP contribution in [0.5, 0.6) is 0 Å². The van der Waals surface area contributed by atoms with E-state index in [0.717, 1.165) is 6.42 Å². The third-order valence-corrected chi connectivity index (χ3v) is 3.11. The molecule has 14 heavy (non-hydrogen) atoms. The van der Waals surface area contributed by atoms with Gasteiger partial charge in [-0.3, -0.25) is 0 Å². The molecule has 0 aliphatic heterocycles. The van der Waals surface area contributed by atoms with Crippen LogP contribution in [0.2, 0.25) is 0 Å². The number of hydrogen-bond donors (Lipinski definition) is 2. The third-order valence-electron chi connectivity index (χ3n) is 3.11. The summed E-state index contributed by atoms with van der Waals surface area (Å²) in [5.74, 6) is 0.476. The van der Waals surface area contributed by atoms with Gasteiger partial charge in [0, 0.05) is 12.0 Å². The fourth-order valence-electron chi connectivity index (χ4n) is 1.97. The first-order valence-corrected chi connectivity index (χ1v) is 4.68. The summed E-state index contributed by atoms with van der Waals surface area (Å²) >= 11 is 0. The van der Waals surface area contributed by atoms with Crippen LogP contribution in [-0.2, 0) is 0 Å². The highest BCUT2D eigenvalue weighted by Crippen LogP contribution is 2.58. The highest BCUT2D eigenvalue weighted by molar-refractivity contribution is 5.85. The van der Waals surface area contributed by atoms with Crippen LogP contribution in [0.3, 0.4) is 0 Å². The number of nitrogens with two attached hydrogens (primary N) is 1. The molecule has 0 saturated heterocycles. The number of benzene rings is 1. The van der Waals surface area contributed by atoms with Crippen molar-refractivity contribution in [2.75, 3.05) is 13.2 Å². The van der Waals surface area contributed by atoms with Crippen LogP contribution in [0.25, 0.3) is 0 Å². The fraction of sp³-hybridized carbons (Fsp3) is 0.455. The van der Waals surface area contributed by atoms with Crippen molar-refractivity contribution in [3.8, 4) is 0 Å². The van der Waals surface area contributed by atoms with Crippen LogP contribution in [0.4, 0.5) is 0 Å². The molecule has 2 nitrogen and oxygen atoms in total. The van der Waals surface area contributed by atoms with E-state index >= 15 is 0 Å². The highest BCUT2D eigenvalue weighted by atomic mass is 35.5. The molecule has 0 unspecified atom stereocenters. The largest absolute Gasteiger partial charge is 0.396 e. The van der Waals surface area contributed by atoms with E-state index in [1.54, 1.807) is 0 Å². The summed E-state index contributed by atoms with van der Waals surface area (Å²) in [4.78, 5) is 0. The molecular weight excluding hydrogens is 198 g/mol. The van der Waals surface area contributed by atoms with E-state index in [1.165, 1.54) is 5.56 Å². The number of hydrogen-bond acceptors (Lipinski definition) is 2. The summed E-state index contributed by atoms with van der Waals surface area (Å²) in [6.07, 6.45) is 1.03. The Morgan fingerprint density at radius 1 is 1.36 bits per heavy atom. The summed E-state index contributed by atoms with van der Waals surface area (Å²) < 4.78 is 0. The van der Waals surface area contributed by atoms with Crippen molar-refractivity contribution in [3.63, 3.8) is 0 Å². The van der Waals surface area contributed by atoms with Gasteiger partial charge in [-0.1, -0.05) is 30.3 Å². The van der Waals surface area contributed by atoms with E-state index in [2.05, 4.69) is 12.1 Å². The maximum atomic E-state index is 9.21. The van der Waals surface area contributed by atoms with E-state index < -0.39 is 0 Å². The van der Waals surface area contributed by atoms with Gasteiger partial charge >= 0.3 is 0 Å². The first kappa shape index (κ1) is 11.5. The van der Waals surface area contributed by atoms with Gasteiger partial charge in [-0.2, -0.15) is 0 Å². The van der Waals surface area contributed by atoms with Crippen molar-refractivity contribution in [2.45, 2.75) is 12.3 Å². The van der Waals surface area contributed by atoms with Crippen LogP contribution >= 0.6 is 12.4 Å². The SMILES string of the molecule is Cl.NC[C@]1(CO)C[C@H]1c1ccccc1. The normalized spacial score (nSPS) is 29.4. The molecule has 1 aromatic rings. The lowest BCUT2D eigenvalue weighted by atomic mass is 10.0. The van der Waals surface area contributed by atoms with E-state index in [-0.39, 0.29) is 24.4 Å². The Morgan fingerprint density at radius 3 is 2.43 bits per heavy atom. The minimum Gasteiger partial charge on any atom is -0.396 e. The zero-order valence-electron chi connectivity index (χ0n) is 8.02. The molecule has 3 N–H and O–H groups in total. The Balaban J connectivity index is 0.000000980. The van der Waals surface area contributed by atoms with E-state index in [0.29, 0.717) is 12.5 Å². The summed E-state index contributed by atoms with van der Waals surface area (Å²) in [6.45, 7) is 0.798. The molecular formula is C11H16ClNO. The van der Waals surface area contributed by atoms with Gasteiger partial charge in [-0.25, -0.2) is 0 Å². The highest BCUT2D eigenvalue weighted by Gasteiger charge is 2.53. The maximum Gasteiger partial charge on any atom is 0.0505 e. The van der Waals surface area contributed by atoms with Gasteiger partial charge in [0.05, 0.1) is 6.61 Å². The molecule has 78 valence electrons. The molecule has 0 spiro atoms. The second-order valence-corrected chi connectivity index (χ2v) is 3.89. The average molecular weight is 214 g/mol. The fourth-order valence-corrected chi connectivity index (χ4v) is 1.97. The predicted octanol–water partition coefficient (Wildman–Crippen LogP) is 1.53. The Morgan fingerprint density at radius 2 is 2.00 bits per heavy atom. The Kier molecular flexibility index (Phi) is 3.53. The van der Waals surface area contributed by atoms with Gasteiger partial charge in [0.15, 0.2) is 0 Å². The number of halogens is 1. The lowest BCUT2D eigenvalue weighted by Gasteiger charge is -2.10. The molecule has 1 aliphatic rings. The minimum absolute atomic E-state index is 0. The molecule has 1 fully saturated rings. The molecule has 1 saturated carbocycles. The van der Waals surface area contributed by atoms with Crippen molar-refractivity contribution in [1.29, 1.82) is 0 Å². The predicted molar refractivity (Wildman–Crippen MR) is 59.6 cm³/mol. The first-order valence-electron chi connectivity index (χ1n) is 4.68. The van der Waals surface area contributed by atoms with E-state index in [9.17, 15) is 5.11 Å². The topological polar surface area (TPSA) is 46.2 Å². The first-order chi connectivity index (χ1) is 6.32. The summed E-state index contributed by atoms with van der Waals surface area (Å²) in [7, 11) is 0. The Bertz CT molecular complexity index is 285. The van der Waals surface area contributed by atoms with Crippen molar-refractivity contribution in [1.82, 2.24) is 0 Å². The molecule has 3 heteroatoms. The van der Waals surface area contributed by atoms with Crippen LogP contribution in [0, 0.1) is 5.41 Å². The lowest BCUT2D eigenvalue weighted by molar-refractivity contribution is 0.211. The molecule has 2 atom stereocenters. The molecule has 0 aromatic heterocycles. The minimum atomic E-state index is -0.0125. The Labute approximate surface area is 90.5 Å². The second kappa shape index (κ2) is 4.30. The van der Waals surface area contributed by atoms with Crippen molar-refractivity contribution in [3.05, 3.63) is 35.9 Å². The molecule has 0 radical (unpaired) electrons. The molecule has 0 amide bonds. The number of rotatable bonds is 3. The van der Waals surface area contributed by atoms with Crippen molar-refractivity contribution >= 4 is 12.4 Å². The van der Waals surface area contributed by atoms with Crippen LogP contribution in [0.15, 0.2) is 30.3 Å². The molecule has 1 aromatic carbocycles. The monoisotopic (exact) mass is 213 g/mol. The quantitative estimate of drug-likeness (QED) is 0.800.